The van der Waals surface area contributed by atoms with E-state index in [4.69, 9.17) is 16.7 Å². The third-order valence-electron chi connectivity index (χ3n) is 1.77. The Morgan fingerprint density at radius 1 is 1.41 bits per heavy atom. The van der Waals surface area contributed by atoms with Crippen LogP contribution < -0.4 is 0 Å². The highest BCUT2D eigenvalue weighted by Gasteiger charge is 2.40. The van der Waals surface area contributed by atoms with Crippen LogP contribution in [-0.2, 0) is 6.18 Å². The van der Waals surface area contributed by atoms with Crippen molar-refractivity contribution in [2.75, 3.05) is 0 Å². The van der Waals surface area contributed by atoms with Crippen molar-refractivity contribution in [3.8, 4) is 0 Å². The van der Waals surface area contributed by atoms with E-state index in [9.17, 15) is 26.7 Å². The summed E-state index contributed by atoms with van der Waals surface area (Å²) in [5.41, 5.74) is -4.42. The number of rotatable bonds is 2. The number of nitrogens with zero attached hydrogens (tertiary/aromatic N) is 1. The van der Waals surface area contributed by atoms with Crippen LogP contribution in [0.4, 0.5) is 22.0 Å². The topological polar surface area (TPSA) is 50.2 Å². The number of carboxylic acid groups (broad SMARTS) is 1. The van der Waals surface area contributed by atoms with Crippen molar-refractivity contribution in [1.29, 1.82) is 0 Å². The van der Waals surface area contributed by atoms with Crippen molar-refractivity contribution < 1.29 is 31.9 Å². The van der Waals surface area contributed by atoms with Gasteiger partial charge >= 0.3 is 12.1 Å². The first-order valence-electron chi connectivity index (χ1n) is 3.93. The number of pyridine rings is 1. The molecule has 0 atom stereocenters. The predicted octanol–water partition coefficient (Wildman–Crippen LogP) is 3.39. The van der Waals surface area contributed by atoms with E-state index in [0.717, 1.165) is 0 Å². The van der Waals surface area contributed by atoms with Crippen LogP contribution in [0.3, 0.4) is 0 Å². The average Bonchev–Trinajstić information content (AvgIpc) is 2.14. The third-order valence-corrected chi connectivity index (χ3v) is 2.18. The Hall–Kier alpha value is -1.44. The van der Waals surface area contributed by atoms with Gasteiger partial charge in [0, 0.05) is 6.20 Å². The number of hydrogen-bond acceptors (Lipinski definition) is 2. The van der Waals surface area contributed by atoms with Gasteiger partial charge in [0.2, 0.25) is 0 Å². The predicted molar refractivity (Wildman–Crippen MR) is 46.2 cm³/mol. The molecular formula is C8H3ClF5NO2. The lowest BCUT2D eigenvalue weighted by Gasteiger charge is -2.13. The molecule has 0 saturated carbocycles. The minimum absolute atomic E-state index is 0.291. The maximum atomic E-state index is 12.4. The second kappa shape index (κ2) is 4.44. The van der Waals surface area contributed by atoms with Crippen molar-refractivity contribution in [2.45, 2.75) is 12.6 Å². The average molecular weight is 276 g/mol. The van der Waals surface area contributed by atoms with Gasteiger partial charge in [0.1, 0.15) is 0 Å². The number of halogens is 6. The maximum Gasteiger partial charge on any atom is 0.433 e. The molecule has 94 valence electrons. The normalized spacial score (nSPS) is 11.9. The standard InChI is InChI=1S/C8H3ClF5NO2/c9-4-2(7(16)17)1-15-5(8(12,13)14)3(4)6(10)11/h1,6H,(H,16,17). The van der Waals surface area contributed by atoms with Crippen LogP contribution in [0.5, 0.6) is 0 Å². The van der Waals surface area contributed by atoms with Crippen LogP contribution in [0, 0.1) is 0 Å². The third kappa shape index (κ3) is 2.63. The quantitative estimate of drug-likeness (QED) is 0.842. The second-order valence-electron chi connectivity index (χ2n) is 2.85. The highest BCUT2D eigenvalue weighted by Crippen LogP contribution is 2.39. The highest BCUT2D eigenvalue weighted by atomic mass is 35.5. The lowest BCUT2D eigenvalue weighted by Crippen LogP contribution is -2.15. The molecule has 1 heterocycles. The molecule has 9 heteroatoms. The lowest BCUT2D eigenvalue weighted by molar-refractivity contribution is -0.143. The van der Waals surface area contributed by atoms with Crippen molar-refractivity contribution in [3.05, 3.63) is 28.0 Å². The molecule has 0 aliphatic rings. The minimum Gasteiger partial charge on any atom is -0.478 e. The number of carbonyl (C=O) groups is 1. The molecule has 1 aromatic rings. The first kappa shape index (κ1) is 13.6. The Balaban J connectivity index is 3.57. The molecule has 0 bridgehead atoms. The van der Waals surface area contributed by atoms with E-state index in [1.165, 1.54) is 0 Å². The van der Waals surface area contributed by atoms with E-state index in [2.05, 4.69) is 4.98 Å². The van der Waals surface area contributed by atoms with Crippen molar-refractivity contribution in [2.24, 2.45) is 0 Å². The van der Waals surface area contributed by atoms with Gasteiger partial charge in [-0.25, -0.2) is 13.6 Å². The molecule has 1 N–H and O–H groups in total. The Bertz CT molecular complexity index is 460. The Labute approximate surface area is 95.8 Å². The summed E-state index contributed by atoms with van der Waals surface area (Å²) in [6, 6.07) is 0. The van der Waals surface area contributed by atoms with Crippen LogP contribution in [0.1, 0.15) is 28.0 Å². The van der Waals surface area contributed by atoms with Crippen LogP contribution in [-0.4, -0.2) is 16.1 Å². The number of hydrogen-bond donors (Lipinski definition) is 1. The summed E-state index contributed by atoms with van der Waals surface area (Å²) in [5, 5.41) is 7.36. The van der Waals surface area contributed by atoms with Gasteiger partial charge < -0.3 is 5.11 Å². The molecule has 0 fully saturated rings. The van der Waals surface area contributed by atoms with Crippen LogP contribution in [0.15, 0.2) is 6.20 Å². The van der Waals surface area contributed by atoms with Crippen molar-refractivity contribution >= 4 is 17.6 Å². The van der Waals surface area contributed by atoms with E-state index in [1.807, 2.05) is 0 Å². The van der Waals surface area contributed by atoms with Gasteiger partial charge in [-0.15, -0.1) is 0 Å². The largest absolute Gasteiger partial charge is 0.478 e. The summed E-state index contributed by atoms with van der Waals surface area (Å²) in [5.74, 6) is -1.74. The molecule has 1 rings (SSSR count). The number of aromatic carboxylic acids is 1. The summed E-state index contributed by atoms with van der Waals surface area (Å²) in [6.07, 6.45) is -8.42. The van der Waals surface area contributed by atoms with E-state index < -0.39 is 40.4 Å². The van der Waals surface area contributed by atoms with Gasteiger partial charge in [-0.05, 0) is 0 Å². The molecule has 3 nitrogen and oxygen atoms in total. The van der Waals surface area contributed by atoms with E-state index in [1.54, 1.807) is 0 Å². The smallest absolute Gasteiger partial charge is 0.433 e. The summed E-state index contributed by atoms with van der Waals surface area (Å²) >= 11 is 5.21. The molecule has 0 saturated heterocycles. The molecule has 0 unspecified atom stereocenters. The van der Waals surface area contributed by atoms with Gasteiger partial charge in [0.25, 0.3) is 6.43 Å². The van der Waals surface area contributed by atoms with Gasteiger partial charge in [0.15, 0.2) is 5.69 Å². The Morgan fingerprint density at radius 2 is 1.94 bits per heavy atom. The fraction of sp³-hybridized carbons (Fsp3) is 0.250. The monoisotopic (exact) mass is 275 g/mol. The zero-order valence-corrected chi connectivity index (χ0v) is 8.48. The Kier molecular flexibility index (Phi) is 3.56. The molecule has 0 aliphatic carbocycles. The molecule has 0 aromatic carbocycles. The molecule has 0 amide bonds. The summed E-state index contributed by atoms with van der Waals surface area (Å²) in [7, 11) is 0. The van der Waals surface area contributed by atoms with Crippen LogP contribution in [0.25, 0.3) is 0 Å². The minimum atomic E-state index is -5.13. The zero-order chi connectivity index (χ0) is 13.4. The lowest BCUT2D eigenvalue weighted by atomic mass is 10.1. The summed E-state index contributed by atoms with van der Waals surface area (Å²) in [6.45, 7) is 0. The molecule has 17 heavy (non-hydrogen) atoms. The van der Waals surface area contributed by atoms with Crippen LogP contribution in [0.2, 0.25) is 5.02 Å². The van der Waals surface area contributed by atoms with E-state index in [-0.39, 0.29) is 0 Å². The zero-order valence-electron chi connectivity index (χ0n) is 7.73. The summed E-state index contributed by atoms with van der Waals surface area (Å²) in [4.78, 5) is 13.2. The van der Waals surface area contributed by atoms with Gasteiger partial charge in [0.05, 0.1) is 16.1 Å². The first-order valence-corrected chi connectivity index (χ1v) is 4.31. The highest BCUT2D eigenvalue weighted by molar-refractivity contribution is 6.34. The summed E-state index contributed by atoms with van der Waals surface area (Å²) < 4.78 is 61.8. The molecular weight excluding hydrogens is 273 g/mol. The van der Waals surface area contributed by atoms with Gasteiger partial charge in [-0.2, -0.15) is 13.2 Å². The van der Waals surface area contributed by atoms with Gasteiger partial charge in [-0.1, -0.05) is 11.6 Å². The molecule has 0 aliphatic heterocycles. The number of carboxylic acids is 1. The van der Waals surface area contributed by atoms with Gasteiger partial charge in [-0.3, -0.25) is 4.98 Å². The van der Waals surface area contributed by atoms with Crippen LogP contribution >= 0.6 is 11.6 Å². The fourth-order valence-corrected chi connectivity index (χ4v) is 1.38. The van der Waals surface area contributed by atoms with Crippen molar-refractivity contribution in [1.82, 2.24) is 4.98 Å². The number of aromatic nitrogens is 1. The maximum absolute atomic E-state index is 12.4. The number of alkyl halides is 5. The van der Waals surface area contributed by atoms with E-state index in [0.29, 0.717) is 6.20 Å². The molecule has 0 radical (unpaired) electrons. The van der Waals surface area contributed by atoms with E-state index >= 15 is 0 Å². The second-order valence-corrected chi connectivity index (χ2v) is 3.23. The Morgan fingerprint density at radius 3 is 2.29 bits per heavy atom. The fourth-order valence-electron chi connectivity index (χ4n) is 1.08. The molecule has 1 aromatic heterocycles. The molecule has 0 spiro atoms. The first-order chi connectivity index (χ1) is 7.66. The SMILES string of the molecule is O=C(O)c1cnc(C(F)(F)F)c(C(F)F)c1Cl. The van der Waals surface area contributed by atoms with Crippen molar-refractivity contribution in [3.63, 3.8) is 0 Å².